The summed E-state index contributed by atoms with van der Waals surface area (Å²) in [6.45, 7) is 2.08. The molecule has 2 rings (SSSR count). The van der Waals surface area contributed by atoms with Gasteiger partial charge in [-0.3, -0.25) is 0 Å². The summed E-state index contributed by atoms with van der Waals surface area (Å²) in [5.74, 6) is 0.235. The summed E-state index contributed by atoms with van der Waals surface area (Å²) in [4.78, 5) is 0. The summed E-state index contributed by atoms with van der Waals surface area (Å²) < 4.78 is 31.4. The lowest BCUT2D eigenvalue weighted by Crippen LogP contribution is -2.30. The van der Waals surface area contributed by atoms with Gasteiger partial charge in [-0.1, -0.05) is 37.3 Å². The number of aliphatic hydroxyl groups excluding tert-OH is 1. The zero-order chi connectivity index (χ0) is 14.6. The number of furan rings is 1. The Morgan fingerprint density at radius 1 is 1.15 bits per heavy atom. The van der Waals surface area contributed by atoms with Crippen LogP contribution in [0.1, 0.15) is 18.2 Å². The van der Waals surface area contributed by atoms with Crippen LogP contribution < -0.4 is 0 Å². The summed E-state index contributed by atoms with van der Waals surface area (Å²) in [5.41, 5.74) is 0.909. The molecule has 1 aromatic heterocycles. The van der Waals surface area contributed by atoms with E-state index in [0.717, 1.165) is 5.56 Å². The minimum Gasteiger partial charge on any atom is -0.446 e. The van der Waals surface area contributed by atoms with Crippen LogP contribution in [0.15, 0.2) is 52.0 Å². The number of nitrogens with zero attached hydrogens (tertiary/aromatic N) is 1. The maximum absolute atomic E-state index is 12.4. The second kappa shape index (κ2) is 6.21. The Labute approximate surface area is 118 Å². The van der Waals surface area contributed by atoms with Crippen LogP contribution in [0.4, 0.5) is 0 Å². The molecule has 1 heterocycles. The van der Waals surface area contributed by atoms with Crippen LogP contribution >= 0.6 is 0 Å². The average molecular weight is 295 g/mol. The van der Waals surface area contributed by atoms with Gasteiger partial charge in [-0.25, -0.2) is 8.42 Å². The fourth-order valence-electron chi connectivity index (χ4n) is 1.86. The lowest BCUT2D eigenvalue weighted by Gasteiger charge is -2.18. The second-order valence-electron chi connectivity index (χ2n) is 4.30. The second-order valence-corrected chi connectivity index (χ2v) is 6.16. The predicted octanol–water partition coefficient (Wildman–Crippen LogP) is 1.98. The summed E-state index contributed by atoms with van der Waals surface area (Å²) >= 11 is 0. The minimum absolute atomic E-state index is 0.140. The van der Waals surface area contributed by atoms with Crippen LogP contribution in [-0.4, -0.2) is 24.4 Å². The van der Waals surface area contributed by atoms with E-state index in [2.05, 4.69) is 0 Å². The van der Waals surface area contributed by atoms with Gasteiger partial charge in [0.2, 0.25) is 5.09 Å². The van der Waals surface area contributed by atoms with E-state index in [0.29, 0.717) is 6.54 Å². The number of benzene rings is 1. The molecule has 0 aliphatic carbocycles. The van der Waals surface area contributed by atoms with Crippen molar-refractivity contribution in [3.63, 3.8) is 0 Å². The zero-order valence-electron chi connectivity index (χ0n) is 11.2. The fraction of sp³-hybridized carbons (Fsp3) is 0.286. The zero-order valence-corrected chi connectivity index (χ0v) is 12.0. The third-order valence-electron chi connectivity index (χ3n) is 2.94. The van der Waals surface area contributed by atoms with E-state index in [-0.39, 0.29) is 24.0 Å². The van der Waals surface area contributed by atoms with E-state index >= 15 is 0 Å². The van der Waals surface area contributed by atoms with E-state index < -0.39 is 10.0 Å². The van der Waals surface area contributed by atoms with Crippen LogP contribution in [0, 0.1) is 0 Å². The van der Waals surface area contributed by atoms with Crippen LogP contribution in [-0.2, 0) is 23.2 Å². The van der Waals surface area contributed by atoms with Crippen molar-refractivity contribution in [2.75, 3.05) is 6.54 Å². The van der Waals surface area contributed by atoms with Crippen LogP contribution in [0.2, 0.25) is 0 Å². The Morgan fingerprint density at radius 2 is 1.85 bits per heavy atom. The number of hydrogen-bond acceptors (Lipinski definition) is 4. The number of hydrogen-bond donors (Lipinski definition) is 1. The third kappa shape index (κ3) is 3.09. The molecule has 0 aliphatic heterocycles. The van der Waals surface area contributed by atoms with Crippen molar-refractivity contribution in [3.8, 4) is 0 Å². The van der Waals surface area contributed by atoms with Gasteiger partial charge in [0.05, 0.1) is 0 Å². The minimum atomic E-state index is -3.68. The van der Waals surface area contributed by atoms with Gasteiger partial charge in [0.25, 0.3) is 10.0 Å². The SMILES string of the molecule is CCN(Cc1ccccc1)S(=O)(=O)c1ccc(CO)o1. The van der Waals surface area contributed by atoms with Gasteiger partial charge in [-0.05, 0) is 17.7 Å². The van der Waals surface area contributed by atoms with Crippen molar-refractivity contribution in [3.05, 3.63) is 53.8 Å². The van der Waals surface area contributed by atoms with Crippen molar-refractivity contribution < 1.29 is 17.9 Å². The Kier molecular flexibility index (Phi) is 4.59. The average Bonchev–Trinajstić information content (AvgIpc) is 2.95. The molecule has 108 valence electrons. The van der Waals surface area contributed by atoms with Crippen LogP contribution in [0.3, 0.4) is 0 Å². The molecule has 0 saturated heterocycles. The molecule has 0 spiro atoms. The largest absolute Gasteiger partial charge is 0.446 e. The van der Waals surface area contributed by atoms with Crippen LogP contribution in [0.25, 0.3) is 0 Å². The third-order valence-corrected chi connectivity index (χ3v) is 4.74. The normalized spacial score (nSPS) is 11.9. The van der Waals surface area contributed by atoms with Gasteiger partial charge in [-0.2, -0.15) is 4.31 Å². The maximum atomic E-state index is 12.4. The molecular formula is C14H17NO4S. The molecular weight excluding hydrogens is 278 g/mol. The molecule has 6 heteroatoms. The summed E-state index contributed by atoms with van der Waals surface area (Å²) in [6, 6.07) is 12.2. The molecule has 2 aromatic rings. The Hall–Kier alpha value is -1.63. The first kappa shape index (κ1) is 14.8. The molecule has 0 saturated carbocycles. The molecule has 20 heavy (non-hydrogen) atoms. The van der Waals surface area contributed by atoms with Crippen molar-refractivity contribution in [2.45, 2.75) is 25.2 Å². The molecule has 0 fully saturated rings. The van der Waals surface area contributed by atoms with E-state index in [4.69, 9.17) is 9.52 Å². The topological polar surface area (TPSA) is 70.8 Å². The molecule has 1 aromatic carbocycles. The summed E-state index contributed by atoms with van der Waals surface area (Å²) in [6.07, 6.45) is 0. The molecule has 0 amide bonds. The highest BCUT2D eigenvalue weighted by atomic mass is 32.2. The smallest absolute Gasteiger partial charge is 0.276 e. The van der Waals surface area contributed by atoms with Gasteiger partial charge in [0, 0.05) is 13.1 Å². The number of rotatable bonds is 6. The van der Waals surface area contributed by atoms with Gasteiger partial charge >= 0.3 is 0 Å². The van der Waals surface area contributed by atoms with Gasteiger partial charge in [-0.15, -0.1) is 0 Å². The van der Waals surface area contributed by atoms with Crippen molar-refractivity contribution in [1.29, 1.82) is 0 Å². The predicted molar refractivity (Wildman–Crippen MR) is 74.3 cm³/mol. The highest BCUT2D eigenvalue weighted by Gasteiger charge is 2.26. The van der Waals surface area contributed by atoms with Crippen molar-refractivity contribution in [2.24, 2.45) is 0 Å². The molecule has 1 N–H and O–H groups in total. The molecule has 0 atom stereocenters. The van der Waals surface area contributed by atoms with Crippen molar-refractivity contribution in [1.82, 2.24) is 4.31 Å². The van der Waals surface area contributed by atoms with Crippen LogP contribution in [0.5, 0.6) is 0 Å². The summed E-state index contributed by atoms with van der Waals surface area (Å²) in [5, 5.41) is 8.81. The Balaban J connectivity index is 2.25. The number of aliphatic hydroxyl groups is 1. The molecule has 0 unspecified atom stereocenters. The first-order valence-corrected chi connectivity index (χ1v) is 7.75. The Bertz CT molecular complexity index is 649. The van der Waals surface area contributed by atoms with Gasteiger partial charge in [0.1, 0.15) is 12.4 Å². The van der Waals surface area contributed by atoms with Gasteiger partial charge < -0.3 is 9.52 Å². The Morgan fingerprint density at radius 3 is 2.40 bits per heavy atom. The first-order valence-electron chi connectivity index (χ1n) is 6.31. The molecule has 0 aliphatic rings. The standard InChI is InChI=1S/C14H17NO4S/c1-2-15(10-12-6-4-3-5-7-12)20(17,18)14-9-8-13(11-16)19-14/h3-9,16H,2,10-11H2,1H3. The molecule has 0 radical (unpaired) electrons. The van der Waals surface area contributed by atoms with Gasteiger partial charge in [0.15, 0.2) is 0 Å². The fourth-order valence-corrected chi connectivity index (χ4v) is 3.23. The van der Waals surface area contributed by atoms with E-state index in [1.807, 2.05) is 30.3 Å². The maximum Gasteiger partial charge on any atom is 0.276 e. The van der Waals surface area contributed by atoms with E-state index in [9.17, 15) is 8.42 Å². The lowest BCUT2D eigenvalue weighted by molar-refractivity contribution is 0.235. The van der Waals surface area contributed by atoms with Crippen molar-refractivity contribution >= 4 is 10.0 Å². The van der Waals surface area contributed by atoms with E-state index in [1.165, 1.54) is 16.4 Å². The monoisotopic (exact) mass is 295 g/mol. The molecule has 5 nitrogen and oxygen atoms in total. The highest BCUT2D eigenvalue weighted by molar-refractivity contribution is 7.89. The quantitative estimate of drug-likeness (QED) is 0.884. The number of sulfonamides is 1. The lowest BCUT2D eigenvalue weighted by atomic mass is 10.2. The van der Waals surface area contributed by atoms with E-state index in [1.54, 1.807) is 6.92 Å². The molecule has 0 bridgehead atoms. The summed E-state index contributed by atoms with van der Waals surface area (Å²) in [7, 11) is -3.68. The highest BCUT2D eigenvalue weighted by Crippen LogP contribution is 2.20. The first-order chi connectivity index (χ1) is 9.57.